The molecule has 0 aliphatic carbocycles. The van der Waals surface area contributed by atoms with E-state index < -0.39 is 5.97 Å². The van der Waals surface area contributed by atoms with Gasteiger partial charge in [-0.15, -0.1) is 0 Å². The number of anilines is 2. The van der Waals surface area contributed by atoms with Crippen LogP contribution in [0.5, 0.6) is 0 Å². The maximum atomic E-state index is 11.2. The van der Waals surface area contributed by atoms with Crippen LogP contribution in [-0.2, 0) is 0 Å². The van der Waals surface area contributed by atoms with Gasteiger partial charge in [0.25, 0.3) is 0 Å². The SMILES string of the molecule is Cc1ccc(Nc2ncc(Br)cc2C(=O)O)c(C)c1. The van der Waals surface area contributed by atoms with E-state index in [2.05, 4.69) is 26.2 Å². The summed E-state index contributed by atoms with van der Waals surface area (Å²) in [5.74, 6) is -0.677. The average Bonchev–Trinajstić information content (AvgIpc) is 2.34. The number of nitrogens with zero attached hydrogens (tertiary/aromatic N) is 1. The number of carboxylic acids is 1. The summed E-state index contributed by atoms with van der Waals surface area (Å²) >= 11 is 3.22. The molecule has 1 aromatic heterocycles. The van der Waals surface area contributed by atoms with Crippen LogP contribution in [0.15, 0.2) is 34.9 Å². The van der Waals surface area contributed by atoms with Crippen LogP contribution in [-0.4, -0.2) is 16.1 Å². The van der Waals surface area contributed by atoms with E-state index in [1.807, 2.05) is 32.0 Å². The summed E-state index contributed by atoms with van der Waals surface area (Å²) in [5.41, 5.74) is 3.18. The number of pyridine rings is 1. The Morgan fingerprint density at radius 2 is 2.05 bits per heavy atom. The van der Waals surface area contributed by atoms with E-state index >= 15 is 0 Å². The normalized spacial score (nSPS) is 10.3. The van der Waals surface area contributed by atoms with Gasteiger partial charge in [0.05, 0.1) is 0 Å². The molecule has 0 saturated heterocycles. The first kappa shape index (κ1) is 13.5. The van der Waals surface area contributed by atoms with Crippen molar-refractivity contribution in [3.63, 3.8) is 0 Å². The highest BCUT2D eigenvalue weighted by molar-refractivity contribution is 9.10. The fourth-order valence-electron chi connectivity index (χ4n) is 1.78. The lowest BCUT2D eigenvalue weighted by Gasteiger charge is -2.11. The third-order valence-corrected chi connectivity index (χ3v) is 3.15. The van der Waals surface area contributed by atoms with Gasteiger partial charge >= 0.3 is 5.97 Å². The van der Waals surface area contributed by atoms with Gasteiger partial charge in [0.15, 0.2) is 0 Å². The van der Waals surface area contributed by atoms with Gasteiger partial charge in [0.2, 0.25) is 0 Å². The first-order valence-electron chi connectivity index (χ1n) is 5.70. The molecule has 2 N–H and O–H groups in total. The predicted octanol–water partition coefficient (Wildman–Crippen LogP) is 3.90. The molecule has 0 spiro atoms. The van der Waals surface area contributed by atoms with Crippen molar-refractivity contribution in [1.82, 2.24) is 4.98 Å². The maximum Gasteiger partial charge on any atom is 0.339 e. The smallest absolute Gasteiger partial charge is 0.339 e. The summed E-state index contributed by atoms with van der Waals surface area (Å²) in [7, 11) is 0. The minimum atomic E-state index is -1.01. The van der Waals surface area contributed by atoms with Gasteiger partial charge in [-0.25, -0.2) is 9.78 Å². The molecule has 5 heteroatoms. The minimum absolute atomic E-state index is 0.134. The van der Waals surface area contributed by atoms with Crippen LogP contribution in [0.2, 0.25) is 0 Å². The van der Waals surface area contributed by atoms with E-state index in [0.29, 0.717) is 10.3 Å². The van der Waals surface area contributed by atoms with Crippen LogP contribution >= 0.6 is 15.9 Å². The Kier molecular flexibility index (Phi) is 3.85. The van der Waals surface area contributed by atoms with Crippen molar-refractivity contribution < 1.29 is 9.90 Å². The second-order valence-electron chi connectivity index (χ2n) is 4.30. The fourth-order valence-corrected chi connectivity index (χ4v) is 2.11. The Labute approximate surface area is 119 Å². The molecule has 2 rings (SSSR count). The molecule has 1 heterocycles. The zero-order valence-electron chi connectivity index (χ0n) is 10.6. The number of hydrogen-bond donors (Lipinski definition) is 2. The quantitative estimate of drug-likeness (QED) is 0.900. The summed E-state index contributed by atoms with van der Waals surface area (Å²) in [5, 5.41) is 12.2. The van der Waals surface area contributed by atoms with Crippen molar-refractivity contribution in [2.24, 2.45) is 0 Å². The van der Waals surface area contributed by atoms with Gasteiger partial charge in [0.1, 0.15) is 11.4 Å². The van der Waals surface area contributed by atoms with Gasteiger partial charge in [-0.3, -0.25) is 0 Å². The second-order valence-corrected chi connectivity index (χ2v) is 5.21. The molecule has 0 unspecified atom stereocenters. The van der Waals surface area contributed by atoms with Gasteiger partial charge < -0.3 is 10.4 Å². The van der Waals surface area contributed by atoms with Crippen LogP contribution in [0.1, 0.15) is 21.5 Å². The summed E-state index contributed by atoms with van der Waals surface area (Å²) in [6, 6.07) is 7.44. The molecular weight excluding hydrogens is 308 g/mol. The second kappa shape index (κ2) is 5.40. The molecule has 1 aromatic carbocycles. The van der Waals surface area contributed by atoms with Crippen LogP contribution < -0.4 is 5.32 Å². The van der Waals surface area contributed by atoms with E-state index in [0.717, 1.165) is 16.8 Å². The lowest BCUT2D eigenvalue weighted by molar-refractivity contribution is 0.0697. The number of carboxylic acid groups (broad SMARTS) is 1. The third-order valence-electron chi connectivity index (χ3n) is 2.72. The molecule has 98 valence electrons. The van der Waals surface area contributed by atoms with Crippen LogP contribution in [0.25, 0.3) is 0 Å². The highest BCUT2D eigenvalue weighted by atomic mass is 79.9. The number of aryl methyl sites for hydroxylation is 2. The van der Waals surface area contributed by atoms with Gasteiger partial charge in [0, 0.05) is 16.4 Å². The highest BCUT2D eigenvalue weighted by Gasteiger charge is 2.13. The first-order valence-corrected chi connectivity index (χ1v) is 6.50. The first-order chi connectivity index (χ1) is 8.97. The zero-order chi connectivity index (χ0) is 14.0. The fraction of sp³-hybridized carbons (Fsp3) is 0.143. The van der Waals surface area contributed by atoms with E-state index in [9.17, 15) is 9.90 Å². The lowest BCUT2D eigenvalue weighted by Crippen LogP contribution is -2.05. The number of rotatable bonds is 3. The van der Waals surface area contributed by atoms with Crippen LogP contribution in [0.3, 0.4) is 0 Å². The summed E-state index contributed by atoms with van der Waals surface area (Å²) in [6.45, 7) is 3.98. The molecule has 0 radical (unpaired) electrons. The van der Waals surface area contributed by atoms with Gasteiger partial charge in [-0.1, -0.05) is 17.7 Å². The monoisotopic (exact) mass is 320 g/mol. The number of hydrogen-bond acceptors (Lipinski definition) is 3. The van der Waals surface area contributed by atoms with Crippen molar-refractivity contribution in [3.05, 3.63) is 51.6 Å². The lowest BCUT2D eigenvalue weighted by atomic mass is 10.1. The minimum Gasteiger partial charge on any atom is -0.478 e. The van der Waals surface area contributed by atoms with E-state index in [4.69, 9.17) is 0 Å². The van der Waals surface area contributed by atoms with E-state index in [1.54, 1.807) is 6.20 Å². The molecule has 0 amide bonds. The summed E-state index contributed by atoms with van der Waals surface area (Å²) in [6.07, 6.45) is 1.57. The molecule has 0 aliphatic heterocycles. The molecule has 2 aromatic rings. The molecule has 0 aliphatic rings. The Morgan fingerprint density at radius 3 is 2.68 bits per heavy atom. The molecule has 0 atom stereocenters. The number of nitrogens with one attached hydrogen (secondary N) is 1. The van der Waals surface area contributed by atoms with Crippen LogP contribution in [0, 0.1) is 13.8 Å². The summed E-state index contributed by atoms with van der Waals surface area (Å²) < 4.78 is 0.635. The predicted molar refractivity (Wildman–Crippen MR) is 78.1 cm³/mol. The van der Waals surface area contributed by atoms with Crippen molar-refractivity contribution in [2.45, 2.75) is 13.8 Å². The topological polar surface area (TPSA) is 62.2 Å². The van der Waals surface area contributed by atoms with Crippen molar-refractivity contribution in [2.75, 3.05) is 5.32 Å². The average molecular weight is 321 g/mol. The number of benzene rings is 1. The number of halogens is 1. The molecular formula is C14H13BrN2O2. The maximum absolute atomic E-state index is 11.2. The highest BCUT2D eigenvalue weighted by Crippen LogP contribution is 2.24. The van der Waals surface area contributed by atoms with Crippen molar-refractivity contribution in [3.8, 4) is 0 Å². The molecule has 19 heavy (non-hydrogen) atoms. The Balaban J connectivity index is 2.40. The standard InChI is InChI=1S/C14H13BrN2O2/c1-8-3-4-12(9(2)5-8)17-13-11(14(18)19)6-10(15)7-16-13/h3-7H,1-2H3,(H,16,17)(H,18,19). The largest absolute Gasteiger partial charge is 0.478 e. The molecule has 0 saturated carbocycles. The zero-order valence-corrected chi connectivity index (χ0v) is 12.2. The van der Waals surface area contributed by atoms with Crippen LogP contribution in [0.4, 0.5) is 11.5 Å². The van der Waals surface area contributed by atoms with Crippen molar-refractivity contribution >= 4 is 33.4 Å². The molecule has 4 nitrogen and oxygen atoms in total. The Morgan fingerprint density at radius 1 is 1.32 bits per heavy atom. The molecule has 0 bridgehead atoms. The Hall–Kier alpha value is -1.88. The number of aromatic nitrogens is 1. The van der Waals surface area contributed by atoms with Crippen molar-refractivity contribution in [1.29, 1.82) is 0 Å². The van der Waals surface area contributed by atoms with Gasteiger partial charge in [-0.2, -0.15) is 0 Å². The number of carbonyl (C=O) groups is 1. The Bertz CT molecular complexity index is 641. The van der Waals surface area contributed by atoms with Gasteiger partial charge in [-0.05, 0) is 47.5 Å². The number of aromatic carboxylic acids is 1. The summed E-state index contributed by atoms with van der Waals surface area (Å²) in [4.78, 5) is 15.3. The third kappa shape index (κ3) is 3.12. The molecule has 0 fully saturated rings. The van der Waals surface area contributed by atoms with E-state index in [-0.39, 0.29) is 5.56 Å². The van der Waals surface area contributed by atoms with E-state index in [1.165, 1.54) is 6.07 Å².